The number of carboxylic acid groups (broad SMARTS) is 1. The molecule has 0 fully saturated rings. The maximum absolute atomic E-state index is 13.5. The molecule has 5 rings (SSSR count). The molecule has 0 aliphatic carbocycles. The highest BCUT2D eigenvalue weighted by Gasteiger charge is 2.35. The van der Waals surface area contributed by atoms with Crippen LogP contribution >= 0.6 is 0 Å². The van der Waals surface area contributed by atoms with Crippen LogP contribution in [0.5, 0.6) is 0 Å². The number of hydrazone groups is 1. The molecule has 7 heteroatoms. The number of carboxylic acids is 1. The van der Waals surface area contributed by atoms with E-state index in [0.29, 0.717) is 17.7 Å². The van der Waals surface area contributed by atoms with E-state index in [-0.39, 0.29) is 18.4 Å². The summed E-state index contributed by atoms with van der Waals surface area (Å²) in [5.74, 6) is -1.44. The van der Waals surface area contributed by atoms with Crippen LogP contribution in [0.1, 0.15) is 42.0 Å². The van der Waals surface area contributed by atoms with Crippen molar-refractivity contribution >= 4 is 28.5 Å². The molecule has 0 spiro atoms. The van der Waals surface area contributed by atoms with Gasteiger partial charge in [0.2, 0.25) is 5.91 Å². The van der Waals surface area contributed by atoms with E-state index < -0.39 is 17.9 Å². The van der Waals surface area contributed by atoms with Crippen LogP contribution in [0, 0.1) is 6.92 Å². The third-order valence-corrected chi connectivity index (χ3v) is 6.42. The van der Waals surface area contributed by atoms with Gasteiger partial charge in [0.25, 0.3) is 5.56 Å². The van der Waals surface area contributed by atoms with Gasteiger partial charge in [-0.05, 0) is 29.7 Å². The van der Waals surface area contributed by atoms with Crippen molar-refractivity contribution in [1.82, 2.24) is 9.99 Å². The maximum Gasteiger partial charge on any atom is 0.303 e. The Bertz CT molecular complexity index is 1540. The Morgan fingerprint density at radius 3 is 2.36 bits per heavy atom. The normalized spacial score (nSPS) is 15.2. The number of pyridine rings is 1. The SMILES string of the molecule is Cc1ccc2c(-c3ccccc3)c(C3=NN(C(=O)CCC(=O)O)[C@H](c4ccccc4)C3)c(=O)[nH]c2c1. The molecular weight excluding hydrogens is 454 g/mol. The summed E-state index contributed by atoms with van der Waals surface area (Å²) >= 11 is 0. The lowest BCUT2D eigenvalue weighted by Gasteiger charge is -2.21. The number of aliphatic carboxylic acids is 1. The summed E-state index contributed by atoms with van der Waals surface area (Å²) in [7, 11) is 0. The fourth-order valence-electron chi connectivity index (χ4n) is 4.75. The predicted molar refractivity (Wildman–Crippen MR) is 139 cm³/mol. The van der Waals surface area contributed by atoms with Crippen molar-refractivity contribution in [3.8, 4) is 11.1 Å². The molecule has 1 aliphatic rings. The molecule has 7 nitrogen and oxygen atoms in total. The van der Waals surface area contributed by atoms with Crippen LogP contribution in [0.25, 0.3) is 22.0 Å². The van der Waals surface area contributed by atoms with Crippen LogP contribution in [0.3, 0.4) is 0 Å². The van der Waals surface area contributed by atoms with Crippen molar-refractivity contribution in [2.75, 3.05) is 0 Å². The number of benzene rings is 3. The summed E-state index contributed by atoms with van der Waals surface area (Å²) in [6.45, 7) is 1.97. The fraction of sp³-hybridized carbons (Fsp3) is 0.172. The molecule has 1 aromatic heterocycles. The van der Waals surface area contributed by atoms with Crippen LogP contribution in [-0.2, 0) is 9.59 Å². The topological polar surface area (TPSA) is 103 Å². The van der Waals surface area contributed by atoms with E-state index in [1.54, 1.807) is 0 Å². The Morgan fingerprint density at radius 2 is 1.67 bits per heavy atom. The average Bonchev–Trinajstić information content (AvgIpc) is 3.32. The van der Waals surface area contributed by atoms with Gasteiger partial charge in [0.05, 0.1) is 23.7 Å². The summed E-state index contributed by atoms with van der Waals surface area (Å²) in [6.07, 6.45) is -0.121. The monoisotopic (exact) mass is 479 g/mol. The number of carbonyl (C=O) groups is 2. The fourth-order valence-corrected chi connectivity index (χ4v) is 4.75. The minimum Gasteiger partial charge on any atom is -0.481 e. The molecular formula is C29H25N3O4. The highest BCUT2D eigenvalue weighted by Crippen LogP contribution is 2.37. The van der Waals surface area contributed by atoms with Crippen molar-refractivity contribution in [3.05, 3.63) is 106 Å². The van der Waals surface area contributed by atoms with Crippen molar-refractivity contribution in [1.29, 1.82) is 0 Å². The van der Waals surface area contributed by atoms with Crippen molar-refractivity contribution < 1.29 is 14.7 Å². The van der Waals surface area contributed by atoms with Gasteiger partial charge in [-0.15, -0.1) is 0 Å². The maximum atomic E-state index is 13.5. The summed E-state index contributed by atoms with van der Waals surface area (Å²) in [6, 6.07) is 24.7. The molecule has 180 valence electrons. The quantitative estimate of drug-likeness (QED) is 0.404. The lowest BCUT2D eigenvalue weighted by molar-refractivity contribution is -0.141. The summed E-state index contributed by atoms with van der Waals surface area (Å²) in [4.78, 5) is 40.7. The molecule has 36 heavy (non-hydrogen) atoms. The van der Waals surface area contributed by atoms with E-state index in [1.807, 2.05) is 85.8 Å². The molecule has 0 saturated heterocycles. The Labute approximate surface area is 207 Å². The zero-order chi connectivity index (χ0) is 25.2. The largest absolute Gasteiger partial charge is 0.481 e. The molecule has 1 amide bonds. The van der Waals surface area contributed by atoms with Gasteiger partial charge in [-0.2, -0.15) is 5.10 Å². The van der Waals surface area contributed by atoms with Gasteiger partial charge < -0.3 is 10.1 Å². The molecule has 0 bridgehead atoms. The number of amides is 1. The first-order valence-electron chi connectivity index (χ1n) is 11.8. The Balaban J connectivity index is 1.69. The molecule has 0 unspecified atom stereocenters. The van der Waals surface area contributed by atoms with Crippen LogP contribution in [0.4, 0.5) is 0 Å². The minimum absolute atomic E-state index is 0.172. The summed E-state index contributed by atoms with van der Waals surface area (Å²) in [5, 5.41) is 16.0. The van der Waals surface area contributed by atoms with Crippen molar-refractivity contribution in [2.45, 2.75) is 32.2 Å². The third-order valence-electron chi connectivity index (χ3n) is 6.42. The van der Waals surface area contributed by atoms with Gasteiger partial charge in [-0.1, -0.05) is 72.8 Å². The second kappa shape index (κ2) is 9.62. The smallest absolute Gasteiger partial charge is 0.303 e. The number of aromatic nitrogens is 1. The predicted octanol–water partition coefficient (Wildman–Crippen LogP) is 5.05. The lowest BCUT2D eigenvalue weighted by atomic mass is 9.90. The van der Waals surface area contributed by atoms with Crippen molar-refractivity contribution in [2.24, 2.45) is 5.10 Å². The van der Waals surface area contributed by atoms with Gasteiger partial charge in [0.15, 0.2) is 0 Å². The number of rotatable bonds is 6. The number of H-pyrrole nitrogens is 1. The van der Waals surface area contributed by atoms with E-state index in [1.165, 1.54) is 5.01 Å². The molecule has 1 atom stereocenters. The second-order valence-corrected chi connectivity index (χ2v) is 8.93. The third kappa shape index (κ3) is 4.43. The Kier molecular flexibility index (Phi) is 6.21. The number of aromatic amines is 1. The first kappa shape index (κ1) is 23.2. The van der Waals surface area contributed by atoms with E-state index in [9.17, 15) is 14.4 Å². The van der Waals surface area contributed by atoms with Crippen LogP contribution in [0.2, 0.25) is 0 Å². The molecule has 0 saturated carbocycles. The number of nitrogens with zero attached hydrogens (tertiary/aromatic N) is 2. The number of nitrogens with one attached hydrogen (secondary N) is 1. The Hall–Kier alpha value is -4.52. The second-order valence-electron chi connectivity index (χ2n) is 8.93. The van der Waals surface area contributed by atoms with Gasteiger partial charge in [0.1, 0.15) is 0 Å². The standard InChI is InChI=1S/C29H25N3O4/c1-18-12-13-21-22(16-18)30-29(36)28(27(21)20-10-6-3-7-11-20)23-17-24(19-8-4-2-5-9-19)32(31-23)25(33)14-15-26(34)35/h2-13,16,24H,14-15,17H2,1H3,(H,30,36)(H,34,35)/t24-/m0/s1. The van der Waals surface area contributed by atoms with Crippen LogP contribution < -0.4 is 5.56 Å². The van der Waals surface area contributed by atoms with Crippen LogP contribution in [-0.4, -0.2) is 32.7 Å². The number of hydrogen-bond donors (Lipinski definition) is 2. The molecule has 1 aliphatic heterocycles. The summed E-state index contributed by atoms with van der Waals surface area (Å²) < 4.78 is 0. The van der Waals surface area contributed by atoms with Gasteiger partial charge in [0, 0.05) is 29.3 Å². The van der Waals surface area contributed by atoms with Gasteiger partial charge in [-0.25, -0.2) is 5.01 Å². The first-order valence-corrected chi connectivity index (χ1v) is 11.8. The van der Waals surface area contributed by atoms with Gasteiger partial charge >= 0.3 is 5.97 Å². The zero-order valence-corrected chi connectivity index (χ0v) is 19.8. The van der Waals surface area contributed by atoms with E-state index in [4.69, 9.17) is 5.11 Å². The first-order chi connectivity index (χ1) is 17.4. The minimum atomic E-state index is -1.05. The van der Waals surface area contributed by atoms with Gasteiger partial charge in [-0.3, -0.25) is 14.4 Å². The van der Waals surface area contributed by atoms with Crippen LogP contribution in [0.15, 0.2) is 88.8 Å². The zero-order valence-electron chi connectivity index (χ0n) is 19.8. The number of aryl methyl sites for hydroxylation is 1. The van der Waals surface area contributed by atoms with E-state index in [2.05, 4.69) is 10.1 Å². The highest BCUT2D eigenvalue weighted by atomic mass is 16.4. The number of hydrogen-bond acceptors (Lipinski definition) is 4. The average molecular weight is 480 g/mol. The molecule has 2 heterocycles. The molecule has 2 N–H and O–H groups in total. The molecule has 3 aromatic carbocycles. The number of fused-ring (bicyclic) bond motifs is 1. The highest BCUT2D eigenvalue weighted by molar-refractivity contribution is 6.13. The number of carbonyl (C=O) groups excluding carboxylic acids is 1. The summed E-state index contributed by atoms with van der Waals surface area (Å²) in [5.41, 5.74) is 4.91. The molecule has 0 radical (unpaired) electrons. The Morgan fingerprint density at radius 1 is 0.972 bits per heavy atom. The lowest BCUT2D eigenvalue weighted by Crippen LogP contribution is -2.27. The van der Waals surface area contributed by atoms with E-state index in [0.717, 1.165) is 33.2 Å². The van der Waals surface area contributed by atoms with E-state index >= 15 is 0 Å². The van der Waals surface area contributed by atoms with Crippen molar-refractivity contribution in [3.63, 3.8) is 0 Å². The molecule has 4 aromatic rings.